The summed E-state index contributed by atoms with van der Waals surface area (Å²) in [6.45, 7) is 2.02. The average molecular weight is 387 g/mol. The largest absolute Gasteiger partial charge is 0.383 e. The standard InChI is InChI=1S/C21H21N7O/c1-29-10-9-27-14-17(12-23-27)19-6-7-20-21(24-19)28(26-25-20)13-15-4-5-18-16(11-15)3-2-8-22-18/h2-8,11-12,14,25-26H,9-10,13H2,1H3. The fourth-order valence-corrected chi connectivity index (χ4v) is 3.42. The molecule has 0 radical (unpaired) electrons. The summed E-state index contributed by atoms with van der Waals surface area (Å²) in [5, 5.41) is 7.52. The molecule has 4 heterocycles. The Balaban J connectivity index is 1.39. The van der Waals surface area contributed by atoms with E-state index in [4.69, 9.17) is 9.72 Å². The predicted octanol–water partition coefficient (Wildman–Crippen LogP) is 2.99. The minimum Gasteiger partial charge on any atom is -0.383 e. The third-order valence-corrected chi connectivity index (χ3v) is 4.92. The quantitative estimate of drug-likeness (QED) is 0.526. The van der Waals surface area contributed by atoms with Gasteiger partial charge in [0, 0.05) is 30.5 Å². The SMILES string of the molecule is COCCn1cc(-c2ccc3c(n2)N(Cc2ccc4ncccc4c2)NN3)cn1. The van der Waals surface area contributed by atoms with Gasteiger partial charge in [-0.1, -0.05) is 12.1 Å². The molecule has 1 aliphatic heterocycles. The number of nitrogens with one attached hydrogen (secondary N) is 2. The molecule has 0 aliphatic carbocycles. The molecule has 29 heavy (non-hydrogen) atoms. The Labute approximate surface area is 168 Å². The first-order valence-corrected chi connectivity index (χ1v) is 9.46. The molecule has 1 aromatic carbocycles. The summed E-state index contributed by atoms with van der Waals surface area (Å²) in [5.41, 5.74) is 11.4. The van der Waals surface area contributed by atoms with Crippen molar-refractivity contribution in [2.75, 3.05) is 24.2 Å². The maximum absolute atomic E-state index is 5.12. The highest BCUT2D eigenvalue weighted by Gasteiger charge is 2.21. The monoisotopic (exact) mass is 387 g/mol. The van der Waals surface area contributed by atoms with Gasteiger partial charge in [0.2, 0.25) is 0 Å². The van der Waals surface area contributed by atoms with Gasteiger partial charge >= 0.3 is 0 Å². The topological polar surface area (TPSA) is 80.1 Å². The number of hydrogen-bond acceptors (Lipinski definition) is 7. The van der Waals surface area contributed by atoms with Crippen molar-refractivity contribution in [2.45, 2.75) is 13.1 Å². The van der Waals surface area contributed by atoms with Crippen molar-refractivity contribution in [3.8, 4) is 11.3 Å². The van der Waals surface area contributed by atoms with E-state index in [0.717, 1.165) is 33.7 Å². The van der Waals surface area contributed by atoms with E-state index in [2.05, 4.69) is 39.2 Å². The van der Waals surface area contributed by atoms with E-state index in [1.54, 1.807) is 7.11 Å². The highest BCUT2D eigenvalue weighted by molar-refractivity contribution is 5.79. The van der Waals surface area contributed by atoms with Crippen LogP contribution in [0.15, 0.2) is 61.1 Å². The van der Waals surface area contributed by atoms with Crippen molar-refractivity contribution in [2.24, 2.45) is 0 Å². The number of benzene rings is 1. The lowest BCUT2D eigenvalue weighted by Gasteiger charge is -2.17. The molecule has 0 bridgehead atoms. The number of ether oxygens (including phenoxy) is 1. The van der Waals surface area contributed by atoms with E-state index in [1.807, 2.05) is 52.5 Å². The molecule has 0 atom stereocenters. The van der Waals surface area contributed by atoms with Crippen LogP contribution < -0.4 is 16.0 Å². The first-order chi connectivity index (χ1) is 14.3. The van der Waals surface area contributed by atoms with Gasteiger partial charge in [0.25, 0.3) is 0 Å². The number of anilines is 2. The zero-order valence-corrected chi connectivity index (χ0v) is 16.0. The minimum absolute atomic E-state index is 0.627. The third-order valence-electron chi connectivity index (χ3n) is 4.92. The number of aromatic nitrogens is 4. The number of methoxy groups -OCH3 is 1. The van der Waals surface area contributed by atoms with Gasteiger partial charge in [0.15, 0.2) is 5.82 Å². The van der Waals surface area contributed by atoms with Crippen LogP contribution >= 0.6 is 0 Å². The Kier molecular flexibility index (Phi) is 4.55. The van der Waals surface area contributed by atoms with Gasteiger partial charge in [-0.3, -0.25) is 14.7 Å². The molecule has 0 amide bonds. The summed E-state index contributed by atoms with van der Waals surface area (Å²) in [4.78, 5) is 9.25. The molecule has 0 saturated carbocycles. The number of hydrazine groups is 2. The first kappa shape index (κ1) is 17.6. The van der Waals surface area contributed by atoms with Crippen LogP contribution in [0.3, 0.4) is 0 Å². The van der Waals surface area contributed by atoms with Crippen LogP contribution in [0.25, 0.3) is 22.2 Å². The number of rotatable bonds is 6. The maximum atomic E-state index is 5.12. The summed E-state index contributed by atoms with van der Waals surface area (Å²) >= 11 is 0. The van der Waals surface area contributed by atoms with E-state index in [-0.39, 0.29) is 0 Å². The highest BCUT2D eigenvalue weighted by Crippen LogP contribution is 2.31. The van der Waals surface area contributed by atoms with E-state index >= 15 is 0 Å². The fourth-order valence-electron chi connectivity index (χ4n) is 3.42. The normalized spacial score (nSPS) is 12.9. The Morgan fingerprint density at radius 2 is 2.10 bits per heavy atom. The van der Waals surface area contributed by atoms with Crippen molar-refractivity contribution in [1.29, 1.82) is 0 Å². The molecule has 8 nitrogen and oxygen atoms in total. The average Bonchev–Trinajstić information content (AvgIpc) is 3.39. The Hall–Kier alpha value is -3.49. The number of hydrogen-bond donors (Lipinski definition) is 2. The van der Waals surface area contributed by atoms with Crippen LogP contribution in [0.1, 0.15) is 5.56 Å². The molecule has 2 N–H and O–H groups in total. The van der Waals surface area contributed by atoms with Gasteiger partial charge < -0.3 is 10.2 Å². The second kappa shape index (κ2) is 7.50. The Morgan fingerprint density at radius 3 is 3.03 bits per heavy atom. The summed E-state index contributed by atoms with van der Waals surface area (Å²) < 4.78 is 6.98. The van der Waals surface area contributed by atoms with Crippen LogP contribution in [0.2, 0.25) is 0 Å². The van der Waals surface area contributed by atoms with Crippen LogP contribution in [-0.4, -0.2) is 33.5 Å². The Bertz CT molecular complexity index is 1160. The van der Waals surface area contributed by atoms with Crippen molar-refractivity contribution < 1.29 is 4.74 Å². The van der Waals surface area contributed by atoms with Crippen LogP contribution in [0.4, 0.5) is 11.5 Å². The number of pyridine rings is 2. The second-order valence-corrected chi connectivity index (χ2v) is 6.91. The third kappa shape index (κ3) is 3.51. The smallest absolute Gasteiger partial charge is 0.170 e. The highest BCUT2D eigenvalue weighted by atomic mass is 16.5. The molecule has 0 unspecified atom stereocenters. The molecular formula is C21H21N7O. The fraction of sp³-hybridized carbons (Fsp3) is 0.190. The van der Waals surface area contributed by atoms with Gasteiger partial charge in [-0.15, -0.1) is 5.53 Å². The van der Waals surface area contributed by atoms with E-state index in [0.29, 0.717) is 19.7 Å². The molecule has 146 valence electrons. The summed E-state index contributed by atoms with van der Waals surface area (Å²) in [6.07, 6.45) is 5.64. The molecule has 4 aromatic rings. The molecule has 1 aliphatic rings. The molecule has 0 fully saturated rings. The lowest BCUT2D eigenvalue weighted by atomic mass is 10.1. The molecule has 3 aromatic heterocycles. The van der Waals surface area contributed by atoms with Crippen molar-refractivity contribution in [3.63, 3.8) is 0 Å². The van der Waals surface area contributed by atoms with Gasteiger partial charge in [-0.2, -0.15) is 5.10 Å². The van der Waals surface area contributed by atoms with E-state index in [1.165, 1.54) is 5.56 Å². The minimum atomic E-state index is 0.627. The van der Waals surface area contributed by atoms with Crippen molar-refractivity contribution in [3.05, 3.63) is 66.6 Å². The van der Waals surface area contributed by atoms with Crippen molar-refractivity contribution in [1.82, 2.24) is 25.3 Å². The molecule has 8 heteroatoms. The molecule has 0 spiro atoms. The van der Waals surface area contributed by atoms with Gasteiger partial charge in [0.1, 0.15) is 0 Å². The van der Waals surface area contributed by atoms with Crippen molar-refractivity contribution >= 4 is 22.4 Å². The van der Waals surface area contributed by atoms with Gasteiger partial charge in [-0.05, 0) is 35.9 Å². The van der Waals surface area contributed by atoms with E-state index < -0.39 is 0 Å². The summed E-state index contributed by atoms with van der Waals surface area (Å²) in [6, 6.07) is 14.4. The summed E-state index contributed by atoms with van der Waals surface area (Å²) in [7, 11) is 1.69. The lowest BCUT2D eigenvalue weighted by Crippen LogP contribution is -2.35. The van der Waals surface area contributed by atoms with E-state index in [9.17, 15) is 0 Å². The predicted molar refractivity (Wildman–Crippen MR) is 112 cm³/mol. The van der Waals surface area contributed by atoms with Crippen LogP contribution in [-0.2, 0) is 17.8 Å². The summed E-state index contributed by atoms with van der Waals surface area (Å²) in [5.74, 6) is 0.860. The molecule has 0 saturated heterocycles. The maximum Gasteiger partial charge on any atom is 0.170 e. The molecular weight excluding hydrogens is 366 g/mol. The zero-order chi connectivity index (χ0) is 19.6. The Morgan fingerprint density at radius 1 is 1.14 bits per heavy atom. The molecule has 5 rings (SSSR count). The second-order valence-electron chi connectivity index (χ2n) is 6.91. The van der Waals surface area contributed by atoms with Gasteiger partial charge in [0.05, 0.1) is 42.8 Å². The zero-order valence-electron chi connectivity index (χ0n) is 16.0. The number of fused-ring (bicyclic) bond motifs is 2. The van der Waals surface area contributed by atoms with Gasteiger partial charge in [-0.25, -0.2) is 4.98 Å². The van der Waals surface area contributed by atoms with Crippen LogP contribution in [0.5, 0.6) is 0 Å². The van der Waals surface area contributed by atoms with Crippen LogP contribution in [0, 0.1) is 0 Å². The first-order valence-electron chi connectivity index (χ1n) is 9.46. The lowest BCUT2D eigenvalue weighted by molar-refractivity contribution is 0.183. The number of nitrogens with zero attached hydrogens (tertiary/aromatic N) is 5.